The van der Waals surface area contributed by atoms with E-state index >= 15 is 0 Å². The monoisotopic (exact) mass is 429 g/mol. The van der Waals surface area contributed by atoms with Gasteiger partial charge in [0.15, 0.2) is 5.13 Å². The number of carbonyl (C=O) groups excluding carboxylic acids is 2. The number of amides is 1. The molecule has 2 aromatic rings. The standard InChI is InChI=1S/C18H18F3N3O4S/c1-27-13-6-4-3-5-11(13)14(25)23-17(15(26)28-2,18(19,20)21)24-16-22-12(9-29-16)10-7-8-10/h3-6,9-10H,7-8H2,1-2H3,(H,22,24)(H,23,25). The molecule has 1 fully saturated rings. The number of hydrogen-bond acceptors (Lipinski definition) is 7. The van der Waals surface area contributed by atoms with Crippen molar-refractivity contribution >= 4 is 28.3 Å². The number of nitrogens with zero attached hydrogens (tertiary/aromatic N) is 1. The minimum absolute atomic E-state index is 0.0520. The molecule has 1 aromatic carbocycles. The summed E-state index contributed by atoms with van der Waals surface area (Å²) in [6.07, 6.45) is -3.41. The van der Waals surface area contributed by atoms with Crippen molar-refractivity contribution < 1.29 is 32.2 Å². The Morgan fingerprint density at radius 3 is 2.48 bits per heavy atom. The van der Waals surface area contributed by atoms with Crippen LogP contribution in [0.4, 0.5) is 18.3 Å². The zero-order valence-corrected chi connectivity index (χ0v) is 16.3. The normalized spacial score (nSPS) is 15.9. The van der Waals surface area contributed by atoms with Gasteiger partial charge < -0.3 is 20.1 Å². The van der Waals surface area contributed by atoms with Crippen molar-refractivity contribution in [3.63, 3.8) is 0 Å². The van der Waals surface area contributed by atoms with Crippen LogP contribution in [0, 0.1) is 0 Å². The molecule has 1 atom stereocenters. The third kappa shape index (κ3) is 4.14. The molecule has 1 amide bonds. The SMILES string of the molecule is COC(=O)C(NC(=O)c1ccccc1OC)(Nc1nc(C2CC2)cs1)C(F)(F)F. The lowest BCUT2D eigenvalue weighted by molar-refractivity contribution is -0.203. The van der Waals surface area contributed by atoms with E-state index in [1.807, 2.05) is 0 Å². The average molecular weight is 429 g/mol. The molecule has 0 bridgehead atoms. The first-order valence-corrected chi connectivity index (χ1v) is 9.44. The van der Waals surface area contributed by atoms with Crippen LogP contribution in [0.15, 0.2) is 29.6 Å². The largest absolute Gasteiger partial charge is 0.496 e. The highest BCUT2D eigenvalue weighted by molar-refractivity contribution is 7.13. The lowest BCUT2D eigenvalue weighted by Crippen LogP contribution is -2.69. The van der Waals surface area contributed by atoms with Crippen LogP contribution in [0.1, 0.15) is 34.8 Å². The number of benzene rings is 1. The molecule has 1 aromatic heterocycles. The number of carbonyl (C=O) groups is 2. The van der Waals surface area contributed by atoms with E-state index in [9.17, 15) is 22.8 Å². The average Bonchev–Trinajstić information content (AvgIpc) is 3.44. The Kier molecular flexibility index (Phi) is 5.69. The molecule has 1 aliphatic rings. The van der Waals surface area contributed by atoms with Gasteiger partial charge in [0.2, 0.25) is 0 Å². The van der Waals surface area contributed by atoms with Gasteiger partial charge in [-0.3, -0.25) is 4.79 Å². The number of alkyl halides is 3. The number of rotatable bonds is 7. The summed E-state index contributed by atoms with van der Waals surface area (Å²) in [5.41, 5.74) is -3.06. The Bertz CT molecular complexity index is 914. The molecule has 1 unspecified atom stereocenters. The molecule has 0 saturated heterocycles. The number of hydrogen-bond donors (Lipinski definition) is 2. The summed E-state index contributed by atoms with van der Waals surface area (Å²) in [5, 5.41) is 5.28. The fourth-order valence-corrected chi connectivity index (χ4v) is 3.53. The van der Waals surface area contributed by atoms with Crippen molar-refractivity contribution in [1.82, 2.24) is 10.3 Å². The zero-order valence-electron chi connectivity index (χ0n) is 15.5. The third-order valence-corrected chi connectivity index (χ3v) is 5.16. The first-order valence-electron chi connectivity index (χ1n) is 8.56. The second kappa shape index (κ2) is 7.90. The number of anilines is 1. The highest BCUT2D eigenvalue weighted by atomic mass is 32.1. The summed E-state index contributed by atoms with van der Waals surface area (Å²) in [6.45, 7) is 0. The molecule has 3 rings (SSSR count). The fourth-order valence-electron chi connectivity index (χ4n) is 2.68. The molecule has 0 aliphatic heterocycles. The van der Waals surface area contributed by atoms with E-state index in [-0.39, 0.29) is 22.4 Å². The van der Waals surface area contributed by atoms with Crippen LogP contribution in [-0.2, 0) is 9.53 Å². The summed E-state index contributed by atoms with van der Waals surface area (Å²) in [6, 6.07) is 5.71. The van der Waals surface area contributed by atoms with Crippen molar-refractivity contribution in [1.29, 1.82) is 0 Å². The van der Waals surface area contributed by atoms with E-state index in [2.05, 4.69) is 15.0 Å². The van der Waals surface area contributed by atoms with Crippen molar-refractivity contribution in [2.45, 2.75) is 30.6 Å². The van der Waals surface area contributed by atoms with Crippen molar-refractivity contribution in [3.05, 3.63) is 40.9 Å². The fraction of sp³-hybridized carbons (Fsp3) is 0.389. The van der Waals surface area contributed by atoms with E-state index in [4.69, 9.17) is 4.74 Å². The Morgan fingerprint density at radius 2 is 1.90 bits per heavy atom. The van der Waals surface area contributed by atoms with Gasteiger partial charge in [0.05, 0.1) is 25.5 Å². The predicted molar refractivity (Wildman–Crippen MR) is 99.0 cm³/mol. The van der Waals surface area contributed by atoms with E-state index in [1.165, 1.54) is 25.3 Å². The first-order chi connectivity index (χ1) is 13.7. The van der Waals surface area contributed by atoms with Gasteiger partial charge in [-0.15, -0.1) is 11.3 Å². The smallest absolute Gasteiger partial charge is 0.442 e. The Morgan fingerprint density at radius 1 is 1.21 bits per heavy atom. The summed E-state index contributed by atoms with van der Waals surface area (Å²) in [4.78, 5) is 29.1. The molecule has 0 radical (unpaired) electrons. The van der Waals surface area contributed by atoms with Crippen LogP contribution in [0.3, 0.4) is 0 Å². The highest BCUT2D eigenvalue weighted by Gasteiger charge is 2.64. The number of aromatic nitrogens is 1. The Hall–Kier alpha value is -2.82. The van der Waals surface area contributed by atoms with Gasteiger partial charge in [-0.1, -0.05) is 12.1 Å². The quantitative estimate of drug-likeness (QED) is 0.519. The molecular weight excluding hydrogens is 411 g/mol. The van der Waals surface area contributed by atoms with Crippen molar-refractivity contribution in [2.24, 2.45) is 0 Å². The number of esters is 1. The van der Waals surface area contributed by atoms with E-state index < -0.39 is 23.7 Å². The summed E-state index contributed by atoms with van der Waals surface area (Å²) in [7, 11) is 2.08. The second-order valence-electron chi connectivity index (χ2n) is 6.37. The molecule has 1 saturated carbocycles. The number of halogens is 3. The van der Waals surface area contributed by atoms with Crippen LogP contribution in [0.2, 0.25) is 0 Å². The van der Waals surface area contributed by atoms with Crippen LogP contribution >= 0.6 is 11.3 Å². The summed E-state index contributed by atoms with van der Waals surface area (Å²) >= 11 is 0.913. The highest BCUT2D eigenvalue weighted by Crippen LogP contribution is 2.42. The van der Waals surface area contributed by atoms with E-state index in [1.54, 1.807) is 16.8 Å². The second-order valence-corrected chi connectivity index (χ2v) is 7.23. The maximum atomic E-state index is 14.1. The molecular formula is C18H18F3N3O4S. The topological polar surface area (TPSA) is 89.5 Å². The number of ether oxygens (including phenoxy) is 2. The van der Waals surface area contributed by atoms with Gasteiger partial charge in [-0.2, -0.15) is 13.2 Å². The van der Waals surface area contributed by atoms with Crippen LogP contribution in [-0.4, -0.2) is 42.9 Å². The molecule has 156 valence electrons. The van der Waals surface area contributed by atoms with Crippen molar-refractivity contribution in [2.75, 3.05) is 19.5 Å². The summed E-state index contributed by atoms with van der Waals surface area (Å²) < 4.78 is 51.7. The van der Waals surface area contributed by atoms with Crippen molar-refractivity contribution in [3.8, 4) is 5.75 Å². The molecule has 1 aliphatic carbocycles. The first kappa shape index (κ1) is 20.9. The van der Waals surface area contributed by atoms with Gasteiger partial charge in [0.1, 0.15) is 5.75 Å². The number of thiazole rings is 1. The minimum atomic E-state index is -5.23. The number of methoxy groups -OCH3 is 2. The molecule has 11 heteroatoms. The third-order valence-electron chi connectivity index (χ3n) is 4.38. The predicted octanol–water partition coefficient (Wildman–Crippen LogP) is 3.30. The maximum Gasteiger partial charge on any atom is 0.442 e. The van der Waals surface area contributed by atoms with E-state index in [0.29, 0.717) is 5.69 Å². The summed E-state index contributed by atoms with van der Waals surface area (Å²) in [5.74, 6) is -2.63. The number of para-hydroxylation sites is 1. The van der Waals surface area contributed by atoms with Gasteiger partial charge in [0, 0.05) is 11.3 Å². The van der Waals surface area contributed by atoms with E-state index in [0.717, 1.165) is 31.3 Å². The van der Waals surface area contributed by atoms with Crippen LogP contribution in [0.25, 0.3) is 0 Å². The lowest BCUT2D eigenvalue weighted by atomic mass is 10.1. The minimum Gasteiger partial charge on any atom is -0.496 e. The number of nitrogens with one attached hydrogen (secondary N) is 2. The lowest BCUT2D eigenvalue weighted by Gasteiger charge is -2.34. The molecule has 29 heavy (non-hydrogen) atoms. The van der Waals surface area contributed by atoms with Gasteiger partial charge in [0.25, 0.3) is 5.91 Å². The molecule has 7 nitrogen and oxygen atoms in total. The molecule has 0 spiro atoms. The van der Waals surface area contributed by atoms with Gasteiger partial charge >= 0.3 is 17.8 Å². The van der Waals surface area contributed by atoms with Gasteiger partial charge in [-0.25, -0.2) is 9.78 Å². The van der Waals surface area contributed by atoms with Crippen LogP contribution < -0.4 is 15.4 Å². The zero-order chi connectivity index (χ0) is 21.2. The van der Waals surface area contributed by atoms with Gasteiger partial charge in [-0.05, 0) is 25.0 Å². The molecule has 1 heterocycles. The Balaban J connectivity index is 1.98. The Labute approximate surface area is 168 Å². The molecule has 2 N–H and O–H groups in total. The van der Waals surface area contributed by atoms with Crippen LogP contribution in [0.5, 0.6) is 5.75 Å². The maximum absolute atomic E-state index is 14.1.